The third-order valence-corrected chi connectivity index (χ3v) is 4.83. The molecule has 0 fully saturated rings. The Morgan fingerprint density at radius 2 is 2.04 bits per heavy atom. The quantitative estimate of drug-likeness (QED) is 0.687. The number of aldehydes is 1. The second kappa shape index (κ2) is 9.17. The van der Waals surface area contributed by atoms with Gasteiger partial charge in [0.15, 0.2) is 0 Å². The van der Waals surface area contributed by atoms with Gasteiger partial charge >= 0.3 is 0 Å². The minimum Gasteiger partial charge on any atom is -0.357 e. The van der Waals surface area contributed by atoms with Crippen LogP contribution in [0.1, 0.15) is 47.8 Å². The van der Waals surface area contributed by atoms with E-state index in [1.807, 2.05) is 6.92 Å². The van der Waals surface area contributed by atoms with Gasteiger partial charge in [0.2, 0.25) is 0 Å². The summed E-state index contributed by atoms with van der Waals surface area (Å²) < 4.78 is 0. The number of hydrogen-bond donors (Lipinski definition) is 2. The van der Waals surface area contributed by atoms with Crippen molar-refractivity contribution >= 4 is 17.8 Å². The van der Waals surface area contributed by atoms with Crippen molar-refractivity contribution in [2.45, 2.75) is 38.6 Å². The molecule has 0 radical (unpaired) electrons. The molecule has 2 N–H and O–H groups in total. The number of aromatic nitrogens is 1. The molecule has 1 aliphatic rings. The average molecular weight is 362 g/mol. The van der Waals surface area contributed by atoms with Gasteiger partial charge in [-0.25, -0.2) is 0 Å². The van der Waals surface area contributed by atoms with Gasteiger partial charge in [-0.3, -0.25) is 4.79 Å². The Morgan fingerprint density at radius 3 is 2.67 bits per heavy atom. The molecule has 2 aromatic rings. The SMILES string of the molecule is C[C@@H](C=O)C[C@@H](Cc1ccc(C2=CCCC=C2)cc1)NC(=O)c1ccc[nH]1. The highest BCUT2D eigenvalue weighted by Gasteiger charge is 2.18. The Hall–Kier alpha value is -2.88. The molecule has 0 aliphatic heterocycles. The zero-order valence-electron chi connectivity index (χ0n) is 15.7. The molecule has 4 heteroatoms. The smallest absolute Gasteiger partial charge is 0.267 e. The van der Waals surface area contributed by atoms with E-state index in [-0.39, 0.29) is 17.9 Å². The lowest BCUT2D eigenvalue weighted by atomic mass is 9.94. The zero-order valence-corrected chi connectivity index (χ0v) is 15.7. The van der Waals surface area contributed by atoms with Gasteiger partial charge in [0.25, 0.3) is 5.91 Å². The molecule has 1 aromatic carbocycles. The van der Waals surface area contributed by atoms with Crippen molar-refractivity contribution in [2.75, 3.05) is 0 Å². The monoisotopic (exact) mass is 362 g/mol. The van der Waals surface area contributed by atoms with Crippen LogP contribution in [0.4, 0.5) is 0 Å². The number of carbonyl (C=O) groups excluding carboxylic acids is 2. The van der Waals surface area contributed by atoms with Gasteiger partial charge in [-0.2, -0.15) is 0 Å². The highest BCUT2D eigenvalue weighted by atomic mass is 16.2. The van der Waals surface area contributed by atoms with Crippen LogP contribution in [0.25, 0.3) is 5.57 Å². The molecular weight excluding hydrogens is 336 g/mol. The van der Waals surface area contributed by atoms with Gasteiger partial charge in [0.1, 0.15) is 12.0 Å². The fourth-order valence-corrected chi connectivity index (χ4v) is 3.38. The van der Waals surface area contributed by atoms with Crippen molar-refractivity contribution < 1.29 is 9.59 Å². The first-order valence-electron chi connectivity index (χ1n) is 9.51. The number of carbonyl (C=O) groups is 2. The molecule has 1 heterocycles. The number of aromatic amines is 1. The number of nitrogens with one attached hydrogen (secondary N) is 2. The van der Waals surface area contributed by atoms with Gasteiger partial charge in [-0.15, -0.1) is 0 Å². The van der Waals surface area contributed by atoms with E-state index in [9.17, 15) is 9.59 Å². The van der Waals surface area contributed by atoms with E-state index in [1.54, 1.807) is 18.3 Å². The summed E-state index contributed by atoms with van der Waals surface area (Å²) in [4.78, 5) is 26.4. The van der Waals surface area contributed by atoms with Gasteiger partial charge in [0, 0.05) is 18.2 Å². The summed E-state index contributed by atoms with van der Waals surface area (Å²) in [6, 6.07) is 11.9. The topological polar surface area (TPSA) is 62.0 Å². The van der Waals surface area contributed by atoms with Crippen LogP contribution in [0.2, 0.25) is 0 Å². The molecule has 140 valence electrons. The standard InChI is InChI=1S/C23H26N2O2/c1-17(16-26)14-21(25-23(27)22-8-5-13-24-22)15-18-9-11-20(12-10-18)19-6-3-2-4-7-19/h3,5-13,16-17,21,24H,2,4,14-15H2,1H3,(H,25,27)/t17-,21+/m1/s1. The summed E-state index contributed by atoms with van der Waals surface area (Å²) in [6.45, 7) is 1.88. The minimum atomic E-state index is -0.141. The van der Waals surface area contributed by atoms with E-state index in [2.05, 4.69) is 52.8 Å². The predicted octanol–water partition coefficient (Wildman–Crippen LogP) is 4.31. The molecule has 0 bridgehead atoms. The number of rotatable bonds is 8. The van der Waals surface area contributed by atoms with Crippen molar-refractivity contribution in [2.24, 2.45) is 5.92 Å². The average Bonchev–Trinajstić information content (AvgIpc) is 3.24. The lowest BCUT2D eigenvalue weighted by Gasteiger charge is -2.20. The summed E-state index contributed by atoms with van der Waals surface area (Å²) in [7, 11) is 0. The number of H-pyrrole nitrogens is 1. The molecule has 3 rings (SSSR count). The third-order valence-electron chi connectivity index (χ3n) is 4.83. The molecule has 0 unspecified atom stereocenters. The fourth-order valence-electron chi connectivity index (χ4n) is 3.38. The Morgan fingerprint density at radius 1 is 1.22 bits per heavy atom. The van der Waals surface area contributed by atoms with Crippen LogP contribution in [0.3, 0.4) is 0 Å². The van der Waals surface area contributed by atoms with Crippen LogP contribution in [0.5, 0.6) is 0 Å². The molecule has 0 saturated heterocycles. The lowest BCUT2D eigenvalue weighted by molar-refractivity contribution is -0.111. The van der Waals surface area contributed by atoms with Gasteiger partial charge in [0.05, 0.1) is 0 Å². The van der Waals surface area contributed by atoms with Crippen LogP contribution in [-0.4, -0.2) is 23.2 Å². The molecule has 1 amide bonds. The Balaban J connectivity index is 1.69. The molecule has 2 atom stereocenters. The molecule has 27 heavy (non-hydrogen) atoms. The van der Waals surface area contributed by atoms with Crippen LogP contribution in [-0.2, 0) is 11.2 Å². The van der Waals surface area contributed by atoms with Crippen molar-refractivity contribution in [3.8, 4) is 0 Å². The first kappa shape index (κ1) is 18.9. The van der Waals surface area contributed by atoms with E-state index in [0.717, 1.165) is 24.7 Å². The van der Waals surface area contributed by atoms with Crippen molar-refractivity contribution in [3.05, 3.63) is 77.6 Å². The second-order valence-electron chi connectivity index (χ2n) is 7.14. The van der Waals surface area contributed by atoms with Gasteiger partial charge < -0.3 is 15.1 Å². The van der Waals surface area contributed by atoms with Crippen LogP contribution in [0.15, 0.2) is 60.8 Å². The molecule has 1 aliphatic carbocycles. The number of amides is 1. The fraction of sp³-hybridized carbons (Fsp3) is 0.304. The molecule has 0 saturated carbocycles. The van der Waals surface area contributed by atoms with Crippen LogP contribution >= 0.6 is 0 Å². The first-order chi connectivity index (χ1) is 13.2. The summed E-state index contributed by atoms with van der Waals surface area (Å²) in [5.41, 5.74) is 4.15. The minimum absolute atomic E-state index is 0.0966. The number of benzene rings is 1. The second-order valence-corrected chi connectivity index (χ2v) is 7.14. The van der Waals surface area contributed by atoms with Gasteiger partial charge in [-0.05, 0) is 54.5 Å². The zero-order chi connectivity index (χ0) is 19.1. The van der Waals surface area contributed by atoms with E-state index < -0.39 is 0 Å². The maximum absolute atomic E-state index is 12.4. The maximum atomic E-state index is 12.4. The highest BCUT2D eigenvalue weighted by molar-refractivity contribution is 5.92. The van der Waals surface area contributed by atoms with Crippen LogP contribution < -0.4 is 5.32 Å². The largest absolute Gasteiger partial charge is 0.357 e. The van der Waals surface area contributed by atoms with E-state index in [0.29, 0.717) is 18.5 Å². The van der Waals surface area contributed by atoms with Crippen molar-refractivity contribution in [1.82, 2.24) is 10.3 Å². The Bertz CT molecular complexity index is 817. The number of allylic oxidation sites excluding steroid dienone is 4. The molecular formula is C23H26N2O2. The maximum Gasteiger partial charge on any atom is 0.267 e. The van der Waals surface area contributed by atoms with E-state index >= 15 is 0 Å². The normalized spacial score (nSPS) is 15.7. The summed E-state index contributed by atoms with van der Waals surface area (Å²) in [6.07, 6.45) is 12.8. The molecule has 0 spiro atoms. The van der Waals surface area contributed by atoms with E-state index in [4.69, 9.17) is 0 Å². The van der Waals surface area contributed by atoms with Crippen molar-refractivity contribution in [3.63, 3.8) is 0 Å². The van der Waals surface area contributed by atoms with Crippen LogP contribution in [0, 0.1) is 5.92 Å². The Kier molecular flexibility index (Phi) is 6.42. The van der Waals surface area contributed by atoms with E-state index in [1.165, 1.54) is 11.1 Å². The summed E-state index contributed by atoms with van der Waals surface area (Å²) >= 11 is 0. The van der Waals surface area contributed by atoms with Gasteiger partial charge in [-0.1, -0.05) is 49.4 Å². The first-order valence-corrected chi connectivity index (χ1v) is 9.51. The van der Waals surface area contributed by atoms with Crippen molar-refractivity contribution in [1.29, 1.82) is 0 Å². The summed E-state index contributed by atoms with van der Waals surface area (Å²) in [5.74, 6) is -0.243. The molecule has 1 aromatic heterocycles. The summed E-state index contributed by atoms with van der Waals surface area (Å²) in [5, 5.41) is 3.06. The predicted molar refractivity (Wildman–Crippen MR) is 108 cm³/mol. The lowest BCUT2D eigenvalue weighted by Crippen LogP contribution is -2.38. The third kappa shape index (κ3) is 5.30. The number of hydrogen-bond acceptors (Lipinski definition) is 2. The highest BCUT2D eigenvalue weighted by Crippen LogP contribution is 2.22. The Labute approximate surface area is 160 Å². The molecule has 4 nitrogen and oxygen atoms in total.